The number of hydrogen-bond donors (Lipinski definition) is 1. The molecule has 0 amide bonds. The van der Waals surface area contributed by atoms with Crippen LogP contribution < -0.4 is 5.32 Å². The van der Waals surface area contributed by atoms with Crippen molar-refractivity contribution >= 4 is 29.9 Å². The number of hydrogen-bond acceptors (Lipinski definition) is 3. The summed E-state index contributed by atoms with van der Waals surface area (Å²) in [6.45, 7) is 11.0. The molecule has 160 valence electrons. The van der Waals surface area contributed by atoms with Gasteiger partial charge >= 0.3 is 0 Å². The highest BCUT2D eigenvalue weighted by Crippen LogP contribution is 2.26. The normalized spacial score (nSPS) is 23.7. The van der Waals surface area contributed by atoms with Gasteiger partial charge in [-0.25, -0.2) is 0 Å². The molecule has 2 aliphatic heterocycles. The number of aromatic nitrogens is 2. The summed E-state index contributed by atoms with van der Waals surface area (Å²) in [5, 5.41) is 7.82. The highest BCUT2D eigenvalue weighted by molar-refractivity contribution is 14.0. The van der Waals surface area contributed by atoms with Crippen LogP contribution >= 0.6 is 24.0 Å². The molecule has 28 heavy (non-hydrogen) atoms. The fraction of sp³-hybridized carbons (Fsp3) is 0.810. The summed E-state index contributed by atoms with van der Waals surface area (Å²) < 4.78 is 1.90. The number of halogens is 1. The Morgan fingerprint density at radius 1 is 1.25 bits per heavy atom. The quantitative estimate of drug-likeness (QED) is 0.269. The van der Waals surface area contributed by atoms with Crippen molar-refractivity contribution in [1.29, 1.82) is 0 Å². The minimum Gasteiger partial charge on any atom is -0.357 e. The number of nitrogens with one attached hydrogen (secondary N) is 1. The molecule has 0 aromatic carbocycles. The van der Waals surface area contributed by atoms with Crippen LogP contribution in [0.2, 0.25) is 0 Å². The Morgan fingerprint density at radius 3 is 2.82 bits per heavy atom. The van der Waals surface area contributed by atoms with E-state index in [0.717, 1.165) is 38.2 Å². The Morgan fingerprint density at radius 2 is 2.11 bits per heavy atom. The molecule has 2 fully saturated rings. The Labute approximate surface area is 188 Å². The number of nitrogens with zero attached hydrogens (tertiary/aromatic N) is 5. The highest BCUT2D eigenvalue weighted by Gasteiger charge is 2.26. The Hall–Kier alpha value is -0.830. The van der Waals surface area contributed by atoms with Crippen molar-refractivity contribution in [3.63, 3.8) is 0 Å². The number of rotatable bonds is 7. The van der Waals surface area contributed by atoms with E-state index in [1.165, 1.54) is 57.2 Å². The lowest BCUT2D eigenvalue weighted by Gasteiger charge is -2.33. The molecule has 0 saturated carbocycles. The first-order valence-corrected chi connectivity index (χ1v) is 10.9. The van der Waals surface area contributed by atoms with E-state index in [2.05, 4.69) is 40.3 Å². The van der Waals surface area contributed by atoms with E-state index in [9.17, 15) is 0 Å². The molecule has 6 nitrogen and oxygen atoms in total. The van der Waals surface area contributed by atoms with Crippen molar-refractivity contribution in [2.45, 2.75) is 64.3 Å². The van der Waals surface area contributed by atoms with Crippen LogP contribution in [0.1, 0.15) is 63.9 Å². The number of likely N-dealkylation sites (tertiary alicyclic amines) is 2. The van der Waals surface area contributed by atoms with Gasteiger partial charge in [-0.2, -0.15) is 5.10 Å². The first-order valence-electron chi connectivity index (χ1n) is 10.9. The lowest BCUT2D eigenvalue weighted by Crippen LogP contribution is -2.40. The molecule has 7 heteroatoms. The molecular formula is C21H39IN6. The van der Waals surface area contributed by atoms with E-state index in [4.69, 9.17) is 4.99 Å². The van der Waals surface area contributed by atoms with Crippen molar-refractivity contribution in [2.75, 3.05) is 39.3 Å². The average Bonchev–Trinajstić information content (AvgIpc) is 3.31. The van der Waals surface area contributed by atoms with E-state index < -0.39 is 0 Å². The molecule has 2 aliphatic rings. The van der Waals surface area contributed by atoms with Gasteiger partial charge in [0.25, 0.3) is 0 Å². The van der Waals surface area contributed by atoms with Crippen molar-refractivity contribution < 1.29 is 0 Å². The number of piperidine rings is 1. The fourth-order valence-corrected chi connectivity index (χ4v) is 4.40. The van der Waals surface area contributed by atoms with E-state index in [-0.39, 0.29) is 24.0 Å². The zero-order valence-corrected chi connectivity index (χ0v) is 20.3. The van der Waals surface area contributed by atoms with Gasteiger partial charge < -0.3 is 15.1 Å². The summed E-state index contributed by atoms with van der Waals surface area (Å²) in [7, 11) is 1.99. The van der Waals surface area contributed by atoms with Gasteiger partial charge in [-0.1, -0.05) is 6.42 Å². The van der Waals surface area contributed by atoms with Gasteiger partial charge in [-0.15, -0.1) is 24.0 Å². The number of aliphatic imine (C=N–C) groups is 1. The van der Waals surface area contributed by atoms with Crippen LogP contribution in [0.15, 0.2) is 17.4 Å². The summed E-state index contributed by atoms with van der Waals surface area (Å²) in [5.74, 6) is 1.67. The summed E-state index contributed by atoms with van der Waals surface area (Å²) in [6.07, 6.45) is 11.9. The molecule has 0 aliphatic carbocycles. The topological polar surface area (TPSA) is 48.7 Å². The van der Waals surface area contributed by atoms with Gasteiger partial charge in [-0.3, -0.25) is 9.67 Å². The first kappa shape index (κ1) is 23.4. The summed E-state index contributed by atoms with van der Waals surface area (Å²) in [5.41, 5.74) is 1.35. The summed E-state index contributed by atoms with van der Waals surface area (Å²) in [4.78, 5) is 10.0. The smallest absolute Gasteiger partial charge is 0.193 e. The van der Waals surface area contributed by atoms with Crippen LogP contribution in [0.3, 0.4) is 0 Å². The Kier molecular flexibility index (Phi) is 10.0. The third-order valence-electron chi connectivity index (χ3n) is 6.07. The van der Waals surface area contributed by atoms with Crippen LogP contribution in [0, 0.1) is 0 Å². The highest BCUT2D eigenvalue weighted by atomic mass is 127. The van der Waals surface area contributed by atoms with Crippen LogP contribution in [0.4, 0.5) is 0 Å². The molecule has 2 saturated heterocycles. The Balaban J connectivity index is 0.00000280. The van der Waals surface area contributed by atoms with Crippen LogP contribution in [-0.2, 0) is 7.05 Å². The largest absolute Gasteiger partial charge is 0.357 e. The second-order valence-corrected chi connectivity index (χ2v) is 8.20. The lowest BCUT2D eigenvalue weighted by atomic mass is 10.0. The SMILES string of the molecule is CCNC(=NCCCCN1CCCCC1C)N1CCC(c2cnn(C)c2)C1.I. The third-order valence-corrected chi connectivity index (χ3v) is 6.07. The van der Waals surface area contributed by atoms with Crippen molar-refractivity contribution in [2.24, 2.45) is 12.0 Å². The van der Waals surface area contributed by atoms with Crippen molar-refractivity contribution in [3.8, 4) is 0 Å². The van der Waals surface area contributed by atoms with Gasteiger partial charge in [0.15, 0.2) is 5.96 Å². The summed E-state index contributed by atoms with van der Waals surface area (Å²) in [6, 6.07) is 0.772. The van der Waals surface area contributed by atoms with Crippen molar-refractivity contribution in [1.82, 2.24) is 24.9 Å². The molecule has 1 N–H and O–H groups in total. The predicted molar refractivity (Wildman–Crippen MR) is 128 cm³/mol. The molecule has 3 rings (SSSR count). The van der Waals surface area contributed by atoms with E-state index >= 15 is 0 Å². The molecule has 1 aromatic rings. The number of guanidine groups is 1. The molecular weight excluding hydrogens is 463 g/mol. The maximum Gasteiger partial charge on any atom is 0.193 e. The van der Waals surface area contributed by atoms with Crippen molar-refractivity contribution in [3.05, 3.63) is 18.0 Å². The minimum atomic E-state index is 0. The summed E-state index contributed by atoms with van der Waals surface area (Å²) >= 11 is 0. The molecule has 3 heterocycles. The zero-order valence-electron chi connectivity index (χ0n) is 17.9. The van der Waals surface area contributed by atoms with Crippen LogP contribution in [0.25, 0.3) is 0 Å². The maximum atomic E-state index is 4.92. The molecule has 1 aromatic heterocycles. The molecule has 2 atom stereocenters. The van der Waals surface area contributed by atoms with Gasteiger partial charge in [0.1, 0.15) is 0 Å². The van der Waals surface area contributed by atoms with E-state index in [0.29, 0.717) is 5.92 Å². The van der Waals surface area contributed by atoms with Crippen LogP contribution in [0.5, 0.6) is 0 Å². The fourth-order valence-electron chi connectivity index (χ4n) is 4.40. The van der Waals surface area contributed by atoms with Gasteiger partial charge in [0, 0.05) is 51.4 Å². The number of aryl methyl sites for hydroxylation is 1. The molecule has 2 unspecified atom stereocenters. The standard InChI is InChI=1S/C21H38N6.HI/c1-4-22-21(23-11-6-8-13-26-12-7-5-9-18(26)2)27-14-10-19(17-27)20-15-24-25(3)16-20;/h15-16,18-19H,4-14,17H2,1-3H3,(H,22,23);1H. The number of unbranched alkanes of at least 4 members (excludes halogenated alkanes) is 1. The molecule has 0 spiro atoms. The second-order valence-electron chi connectivity index (χ2n) is 8.20. The third kappa shape index (κ3) is 6.61. The minimum absolute atomic E-state index is 0. The lowest BCUT2D eigenvalue weighted by molar-refractivity contribution is 0.158. The zero-order chi connectivity index (χ0) is 19.1. The van der Waals surface area contributed by atoms with Gasteiger partial charge in [0.05, 0.1) is 6.20 Å². The van der Waals surface area contributed by atoms with Gasteiger partial charge in [-0.05, 0) is 64.6 Å². The predicted octanol–water partition coefficient (Wildman–Crippen LogP) is 3.45. The van der Waals surface area contributed by atoms with Gasteiger partial charge in [0.2, 0.25) is 0 Å². The van der Waals surface area contributed by atoms with E-state index in [1.807, 2.05) is 17.9 Å². The monoisotopic (exact) mass is 502 g/mol. The second kappa shape index (κ2) is 12.0. The average molecular weight is 502 g/mol. The van der Waals surface area contributed by atoms with Crippen LogP contribution in [-0.4, -0.2) is 70.9 Å². The van der Waals surface area contributed by atoms with E-state index in [1.54, 1.807) is 0 Å². The first-order chi connectivity index (χ1) is 13.2. The maximum absolute atomic E-state index is 4.92. The molecule has 0 radical (unpaired) electrons. The Bertz CT molecular complexity index is 601. The molecule has 0 bridgehead atoms.